The Morgan fingerprint density at radius 1 is 1.38 bits per heavy atom. The fraction of sp³-hybridized carbons (Fsp3) is 0.833. The zero-order valence-electron chi connectivity index (χ0n) is 10.8. The van der Waals surface area contributed by atoms with Gasteiger partial charge in [0.25, 0.3) is 0 Å². The van der Waals surface area contributed by atoms with Crippen LogP contribution in [0.4, 0.5) is 0 Å². The molecule has 92 valence electrons. The summed E-state index contributed by atoms with van der Waals surface area (Å²) in [7, 11) is 0. The van der Waals surface area contributed by atoms with Crippen LogP contribution in [-0.2, 0) is 4.79 Å². The number of nitriles is 1. The molecule has 0 aliphatic rings. The molecule has 0 radical (unpaired) electrons. The highest BCUT2D eigenvalue weighted by molar-refractivity contribution is 5.81. The maximum Gasteiger partial charge on any atom is 0.237 e. The van der Waals surface area contributed by atoms with Crippen molar-refractivity contribution in [3.05, 3.63) is 0 Å². The Kier molecular flexibility index (Phi) is 7.57. The zero-order chi connectivity index (χ0) is 12.6. The third-order valence-corrected chi connectivity index (χ3v) is 2.70. The lowest BCUT2D eigenvalue weighted by Gasteiger charge is -2.23. The fourth-order valence-corrected chi connectivity index (χ4v) is 1.59. The predicted molar refractivity (Wildman–Crippen MR) is 64.8 cm³/mol. The largest absolute Gasteiger partial charge is 0.351 e. The average Bonchev–Trinajstić information content (AvgIpc) is 2.27. The minimum atomic E-state index is -0.515. The third-order valence-electron chi connectivity index (χ3n) is 2.70. The number of carbonyl (C=O) groups is 1. The summed E-state index contributed by atoms with van der Waals surface area (Å²) in [5, 5.41) is 11.6. The second kappa shape index (κ2) is 8.12. The van der Waals surface area contributed by atoms with Gasteiger partial charge in [0.2, 0.25) is 5.91 Å². The molecule has 2 unspecified atom stereocenters. The van der Waals surface area contributed by atoms with Gasteiger partial charge in [-0.15, -0.1) is 0 Å². The Bertz CT molecular complexity index is 243. The Hall–Kier alpha value is -1.08. The van der Waals surface area contributed by atoms with Gasteiger partial charge in [-0.05, 0) is 26.4 Å². The second-order valence-corrected chi connectivity index (χ2v) is 3.99. The van der Waals surface area contributed by atoms with Crippen molar-refractivity contribution in [2.45, 2.75) is 40.2 Å². The number of hydrogen-bond acceptors (Lipinski definition) is 3. The molecule has 0 saturated heterocycles. The molecule has 0 fully saturated rings. The first kappa shape index (κ1) is 14.9. The number of hydrogen-bond donors (Lipinski definition) is 1. The van der Waals surface area contributed by atoms with Crippen LogP contribution in [0.5, 0.6) is 0 Å². The van der Waals surface area contributed by atoms with Crippen molar-refractivity contribution in [3.8, 4) is 6.07 Å². The zero-order valence-corrected chi connectivity index (χ0v) is 10.8. The number of likely N-dealkylation sites (N-methyl/N-ethyl adjacent to an activating group) is 1. The summed E-state index contributed by atoms with van der Waals surface area (Å²) >= 11 is 0. The average molecular weight is 225 g/mol. The number of nitrogens with one attached hydrogen (secondary N) is 1. The molecular formula is C12H23N3O. The number of amides is 1. The van der Waals surface area contributed by atoms with E-state index >= 15 is 0 Å². The number of rotatable bonds is 7. The van der Waals surface area contributed by atoms with Crippen LogP contribution in [0.3, 0.4) is 0 Å². The molecule has 0 saturated carbocycles. The monoisotopic (exact) mass is 225 g/mol. The predicted octanol–water partition coefficient (Wildman–Crippen LogP) is 1.38. The molecule has 2 atom stereocenters. The van der Waals surface area contributed by atoms with Crippen LogP contribution in [0.15, 0.2) is 0 Å². The Balaban J connectivity index is 4.09. The number of carbonyl (C=O) groups excluding carboxylic acids is 1. The van der Waals surface area contributed by atoms with E-state index in [2.05, 4.69) is 24.1 Å². The van der Waals surface area contributed by atoms with Crippen LogP contribution in [0.2, 0.25) is 0 Å². The highest BCUT2D eigenvalue weighted by Crippen LogP contribution is 2.01. The summed E-state index contributed by atoms with van der Waals surface area (Å²) < 4.78 is 0. The van der Waals surface area contributed by atoms with Crippen molar-refractivity contribution in [2.75, 3.05) is 19.6 Å². The summed E-state index contributed by atoms with van der Waals surface area (Å²) in [4.78, 5) is 13.9. The molecule has 0 aromatic heterocycles. The van der Waals surface area contributed by atoms with E-state index in [0.717, 1.165) is 19.6 Å². The molecule has 0 rings (SSSR count). The molecule has 0 bridgehead atoms. The van der Waals surface area contributed by atoms with Crippen molar-refractivity contribution in [3.63, 3.8) is 0 Å². The van der Waals surface area contributed by atoms with Crippen molar-refractivity contribution in [2.24, 2.45) is 5.92 Å². The van der Waals surface area contributed by atoms with Crippen LogP contribution < -0.4 is 5.32 Å². The third kappa shape index (κ3) is 5.13. The van der Waals surface area contributed by atoms with E-state index in [1.54, 1.807) is 0 Å². The van der Waals surface area contributed by atoms with Crippen molar-refractivity contribution >= 4 is 5.91 Å². The van der Waals surface area contributed by atoms with Crippen molar-refractivity contribution < 1.29 is 4.79 Å². The van der Waals surface area contributed by atoms with E-state index in [1.165, 1.54) is 0 Å². The Labute approximate surface area is 98.6 Å². The van der Waals surface area contributed by atoms with Crippen molar-refractivity contribution in [1.29, 1.82) is 5.26 Å². The van der Waals surface area contributed by atoms with E-state index in [1.807, 2.05) is 19.9 Å². The highest BCUT2D eigenvalue weighted by Gasteiger charge is 2.18. The summed E-state index contributed by atoms with van der Waals surface area (Å²) in [6.45, 7) is 10.8. The van der Waals surface area contributed by atoms with Gasteiger partial charge in [-0.3, -0.25) is 4.79 Å². The minimum absolute atomic E-state index is 0.0924. The van der Waals surface area contributed by atoms with E-state index in [-0.39, 0.29) is 11.9 Å². The van der Waals surface area contributed by atoms with Crippen molar-refractivity contribution in [1.82, 2.24) is 10.2 Å². The molecule has 0 aliphatic heterocycles. The van der Waals surface area contributed by atoms with Crippen LogP contribution in [0, 0.1) is 17.2 Å². The van der Waals surface area contributed by atoms with Gasteiger partial charge in [-0.2, -0.15) is 5.26 Å². The summed E-state index contributed by atoms with van der Waals surface area (Å²) in [6.07, 6.45) is 0.570. The minimum Gasteiger partial charge on any atom is -0.351 e. The molecule has 0 aromatic carbocycles. The lowest BCUT2D eigenvalue weighted by atomic mass is 10.1. The first-order valence-corrected chi connectivity index (χ1v) is 6.01. The van der Waals surface area contributed by atoms with Gasteiger partial charge in [0.15, 0.2) is 0 Å². The molecule has 0 spiro atoms. The van der Waals surface area contributed by atoms with Gasteiger partial charge in [-0.1, -0.05) is 20.8 Å². The standard InChI is InChI=1S/C12H23N3O/c1-5-11(8-13)12(16)14-10(4)9-15(6-2)7-3/h10-11H,5-7,9H2,1-4H3,(H,14,16). The first-order valence-electron chi connectivity index (χ1n) is 6.01. The molecule has 4 nitrogen and oxygen atoms in total. The smallest absolute Gasteiger partial charge is 0.237 e. The van der Waals surface area contributed by atoms with E-state index in [9.17, 15) is 4.79 Å². The van der Waals surface area contributed by atoms with Gasteiger partial charge in [0.1, 0.15) is 5.92 Å². The van der Waals surface area contributed by atoms with Gasteiger partial charge in [-0.25, -0.2) is 0 Å². The van der Waals surface area contributed by atoms with Crippen LogP contribution in [0.1, 0.15) is 34.1 Å². The maximum atomic E-state index is 11.6. The molecule has 0 heterocycles. The molecule has 0 aliphatic carbocycles. The number of nitrogens with zero attached hydrogens (tertiary/aromatic N) is 2. The molecule has 0 aromatic rings. The summed E-state index contributed by atoms with van der Waals surface area (Å²) in [5.41, 5.74) is 0. The van der Waals surface area contributed by atoms with Gasteiger partial charge in [0.05, 0.1) is 6.07 Å². The molecule has 16 heavy (non-hydrogen) atoms. The Morgan fingerprint density at radius 3 is 2.31 bits per heavy atom. The summed E-state index contributed by atoms with van der Waals surface area (Å²) in [5.74, 6) is -0.663. The first-order chi connectivity index (χ1) is 7.58. The van der Waals surface area contributed by atoms with Crippen LogP contribution in [-0.4, -0.2) is 36.5 Å². The highest BCUT2D eigenvalue weighted by atomic mass is 16.1. The summed E-state index contributed by atoms with van der Waals surface area (Å²) in [6, 6.07) is 2.10. The van der Waals surface area contributed by atoms with E-state index in [0.29, 0.717) is 6.42 Å². The molecule has 1 N–H and O–H groups in total. The molecule has 4 heteroatoms. The van der Waals surface area contributed by atoms with Gasteiger partial charge < -0.3 is 10.2 Å². The molecule has 1 amide bonds. The fourth-order valence-electron chi connectivity index (χ4n) is 1.59. The lowest BCUT2D eigenvalue weighted by Crippen LogP contribution is -2.43. The maximum absolute atomic E-state index is 11.6. The van der Waals surface area contributed by atoms with Gasteiger partial charge >= 0.3 is 0 Å². The Morgan fingerprint density at radius 2 is 1.94 bits per heavy atom. The van der Waals surface area contributed by atoms with Crippen LogP contribution in [0.25, 0.3) is 0 Å². The SMILES string of the molecule is CCC(C#N)C(=O)NC(C)CN(CC)CC. The van der Waals surface area contributed by atoms with Crippen LogP contribution >= 0.6 is 0 Å². The quantitative estimate of drug-likeness (QED) is 0.712. The second-order valence-electron chi connectivity index (χ2n) is 3.99. The van der Waals surface area contributed by atoms with E-state index < -0.39 is 5.92 Å². The lowest BCUT2D eigenvalue weighted by molar-refractivity contribution is -0.124. The van der Waals surface area contributed by atoms with E-state index in [4.69, 9.17) is 5.26 Å². The topological polar surface area (TPSA) is 56.1 Å². The normalized spacial score (nSPS) is 14.2. The van der Waals surface area contributed by atoms with Gasteiger partial charge in [0, 0.05) is 12.6 Å². The molecular weight excluding hydrogens is 202 g/mol.